The van der Waals surface area contributed by atoms with E-state index in [2.05, 4.69) is 5.32 Å². The Morgan fingerprint density at radius 3 is 2.19 bits per heavy atom. The maximum atomic E-state index is 12.8. The second kappa shape index (κ2) is 9.10. The van der Waals surface area contributed by atoms with Crippen LogP contribution in [0.1, 0.15) is 20.3 Å². The van der Waals surface area contributed by atoms with Crippen molar-refractivity contribution < 1.29 is 17.9 Å². The first-order chi connectivity index (χ1) is 12.8. The van der Waals surface area contributed by atoms with E-state index in [9.17, 15) is 13.2 Å². The smallest absolute Gasteiger partial charge is 0.248 e. The lowest BCUT2D eigenvalue weighted by atomic mass is 10.1. The molecule has 0 saturated carbocycles. The van der Waals surface area contributed by atoms with Crippen LogP contribution in [0.5, 0.6) is 5.75 Å². The zero-order chi connectivity index (χ0) is 20.0. The quantitative estimate of drug-likeness (QED) is 0.715. The van der Waals surface area contributed by atoms with Crippen LogP contribution in [0.15, 0.2) is 48.5 Å². The minimum atomic E-state index is -3.69. The summed E-state index contributed by atoms with van der Waals surface area (Å²) in [6.07, 6.45) is 1.39. The van der Waals surface area contributed by atoms with Crippen LogP contribution in [0.3, 0.4) is 0 Å². The van der Waals surface area contributed by atoms with E-state index in [0.29, 0.717) is 35.2 Å². The van der Waals surface area contributed by atoms with Crippen molar-refractivity contribution in [3.8, 4) is 5.75 Å². The molecular formula is C19H23ClN2O4S. The van der Waals surface area contributed by atoms with Crippen LogP contribution in [0.4, 0.5) is 11.4 Å². The van der Waals surface area contributed by atoms with E-state index < -0.39 is 22.0 Å². The third-order valence-electron chi connectivity index (χ3n) is 3.84. The Bertz CT molecular complexity index is 868. The average Bonchev–Trinajstić information content (AvgIpc) is 2.61. The first-order valence-electron chi connectivity index (χ1n) is 8.55. The number of amides is 1. The normalized spacial score (nSPS) is 12.3. The first kappa shape index (κ1) is 21.1. The third-order valence-corrected chi connectivity index (χ3v) is 5.28. The summed E-state index contributed by atoms with van der Waals surface area (Å²) in [4.78, 5) is 12.8. The van der Waals surface area contributed by atoms with Gasteiger partial charge in [-0.3, -0.25) is 9.10 Å². The fourth-order valence-corrected chi connectivity index (χ4v) is 4.01. The van der Waals surface area contributed by atoms with Crippen molar-refractivity contribution in [2.75, 3.05) is 22.5 Å². The highest BCUT2D eigenvalue weighted by atomic mass is 35.5. The Labute approximate surface area is 165 Å². The first-order valence-corrected chi connectivity index (χ1v) is 10.8. The molecule has 6 nitrogen and oxygen atoms in total. The number of hydrogen-bond donors (Lipinski definition) is 1. The number of hydrogen-bond acceptors (Lipinski definition) is 4. The summed E-state index contributed by atoms with van der Waals surface area (Å²) in [5.41, 5.74) is 0.946. The molecule has 1 unspecified atom stereocenters. The van der Waals surface area contributed by atoms with Crippen molar-refractivity contribution in [2.45, 2.75) is 26.3 Å². The molecule has 2 rings (SSSR count). The number of carbonyl (C=O) groups is 1. The minimum Gasteiger partial charge on any atom is -0.494 e. The third kappa shape index (κ3) is 5.61. The van der Waals surface area contributed by atoms with Crippen LogP contribution >= 0.6 is 11.6 Å². The van der Waals surface area contributed by atoms with Crippen LogP contribution in [0.2, 0.25) is 5.02 Å². The number of nitrogens with one attached hydrogen (secondary N) is 1. The number of rotatable bonds is 8. The van der Waals surface area contributed by atoms with Gasteiger partial charge in [-0.1, -0.05) is 18.5 Å². The van der Waals surface area contributed by atoms with Crippen molar-refractivity contribution in [1.82, 2.24) is 0 Å². The Morgan fingerprint density at radius 1 is 1.11 bits per heavy atom. The number of sulfonamides is 1. The molecule has 1 N–H and O–H groups in total. The monoisotopic (exact) mass is 410 g/mol. The van der Waals surface area contributed by atoms with Gasteiger partial charge in [0.15, 0.2) is 0 Å². The largest absolute Gasteiger partial charge is 0.494 e. The lowest BCUT2D eigenvalue weighted by molar-refractivity contribution is -0.117. The van der Waals surface area contributed by atoms with E-state index in [1.54, 1.807) is 55.5 Å². The molecule has 0 aliphatic heterocycles. The minimum absolute atomic E-state index is 0.305. The van der Waals surface area contributed by atoms with Gasteiger partial charge in [-0.05, 0) is 61.9 Å². The van der Waals surface area contributed by atoms with E-state index in [1.807, 2.05) is 6.92 Å². The standard InChI is InChI=1S/C19H23ClN2O4S/c1-4-18(19(23)21-15-8-6-14(20)7-9-15)22(27(3,24)25)16-10-12-17(13-11-16)26-5-2/h6-13,18H,4-5H2,1-3H3,(H,21,23). The summed E-state index contributed by atoms with van der Waals surface area (Å²) in [5.74, 6) is 0.215. The van der Waals surface area contributed by atoms with Crippen molar-refractivity contribution in [3.05, 3.63) is 53.6 Å². The van der Waals surface area contributed by atoms with Crippen molar-refractivity contribution in [1.29, 1.82) is 0 Å². The molecular weight excluding hydrogens is 388 g/mol. The average molecular weight is 411 g/mol. The molecule has 2 aromatic rings. The van der Waals surface area contributed by atoms with E-state index in [-0.39, 0.29) is 0 Å². The number of ether oxygens (including phenoxy) is 1. The topological polar surface area (TPSA) is 75.7 Å². The number of halogens is 1. The lowest BCUT2D eigenvalue weighted by Crippen LogP contribution is -2.46. The maximum Gasteiger partial charge on any atom is 0.248 e. The molecule has 0 spiro atoms. The molecule has 0 radical (unpaired) electrons. The maximum absolute atomic E-state index is 12.8. The molecule has 27 heavy (non-hydrogen) atoms. The molecule has 8 heteroatoms. The van der Waals surface area contributed by atoms with Gasteiger partial charge in [0.25, 0.3) is 0 Å². The summed E-state index contributed by atoms with van der Waals surface area (Å²) in [6.45, 7) is 4.14. The molecule has 1 amide bonds. The number of benzene rings is 2. The van der Waals surface area contributed by atoms with E-state index in [0.717, 1.165) is 10.6 Å². The van der Waals surface area contributed by atoms with Gasteiger partial charge in [0.2, 0.25) is 15.9 Å². The van der Waals surface area contributed by atoms with Gasteiger partial charge in [-0.15, -0.1) is 0 Å². The van der Waals surface area contributed by atoms with Gasteiger partial charge in [-0.2, -0.15) is 0 Å². The molecule has 0 bridgehead atoms. The second-order valence-corrected chi connectivity index (χ2v) is 8.20. The second-order valence-electron chi connectivity index (χ2n) is 5.91. The number of anilines is 2. The van der Waals surface area contributed by atoms with Crippen LogP contribution in [0.25, 0.3) is 0 Å². The molecule has 2 aromatic carbocycles. The van der Waals surface area contributed by atoms with Crippen molar-refractivity contribution in [3.63, 3.8) is 0 Å². The SMILES string of the molecule is CCOc1ccc(N(C(CC)C(=O)Nc2ccc(Cl)cc2)S(C)(=O)=O)cc1. The van der Waals surface area contributed by atoms with Gasteiger partial charge >= 0.3 is 0 Å². The highest BCUT2D eigenvalue weighted by Crippen LogP contribution is 2.26. The Morgan fingerprint density at radius 2 is 1.70 bits per heavy atom. The summed E-state index contributed by atoms with van der Waals surface area (Å²) < 4.78 is 31.4. The highest BCUT2D eigenvalue weighted by Gasteiger charge is 2.31. The molecule has 1 atom stereocenters. The van der Waals surface area contributed by atoms with Crippen LogP contribution in [-0.2, 0) is 14.8 Å². The molecule has 146 valence electrons. The zero-order valence-electron chi connectivity index (χ0n) is 15.5. The van der Waals surface area contributed by atoms with Crippen LogP contribution in [0, 0.1) is 0 Å². The van der Waals surface area contributed by atoms with Gasteiger partial charge in [-0.25, -0.2) is 8.42 Å². The summed E-state index contributed by atoms with van der Waals surface area (Å²) >= 11 is 5.85. The highest BCUT2D eigenvalue weighted by molar-refractivity contribution is 7.92. The predicted octanol–water partition coefficient (Wildman–Crippen LogP) is 3.92. The van der Waals surface area contributed by atoms with E-state index in [1.165, 1.54) is 0 Å². The number of carbonyl (C=O) groups excluding carboxylic acids is 1. The Balaban J connectivity index is 2.32. The summed E-state index contributed by atoms with van der Waals surface area (Å²) in [5, 5.41) is 3.29. The van der Waals surface area contributed by atoms with Gasteiger partial charge in [0, 0.05) is 10.7 Å². The molecule has 0 aliphatic rings. The lowest BCUT2D eigenvalue weighted by Gasteiger charge is -2.30. The Kier molecular flexibility index (Phi) is 7.10. The van der Waals surface area contributed by atoms with Gasteiger partial charge < -0.3 is 10.1 Å². The molecule has 0 aliphatic carbocycles. The number of nitrogens with zero attached hydrogens (tertiary/aromatic N) is 1. The zero-order valence-corrected chi connectivity index (χ0v) is 17.0. The predicted molar refractivity (Wildman–Crippen MR) is 109 cm³/mol. The molecule has 0 aromatic heterocycles. The van der Waals surface area contributed by atoms with Crippen LogP contribution < -0.4 is 14.4 Å². The van der Waals surface area contributed by atoms with Crippen LogP contribution in [-0.4, -0.2) is 33.2 Å². The summed E-state index contributed by atoms with van der Waals surface area (Å²) in [7, 11) is -3.69. The molecule has 0 saturated heterocycles. The fourth-order valence-electron chi connectivity index (χ4n) is 2.68. The fraction of sp³-hybridized carbons (Fsp3) is 0.316. The summed E-state index contributed by atoms with van der Waals surface area (Å²) in [6, 6.07) is 12.4. The molecule has 0 heterocycles. The van der Waals surface area contributed by atoms with E-state index >= 15 is 0 Å². The molecule has 0 fully saturated rings. The van der Waals surface area contributed by atoms with Gasteiger partial charge in [0.05, 0.1) is 18.6 Å². The van der Waals surface area contributed by atoms with Crippen molar-refractivity contribution >= 4 is 38.9 Å². The Hall–Kier alpha value is -2.25. The van der Waals surface area contributed by atoms with Crippen molar-refractivity contribution in [2.24, 2.45) is 0 Å². The van der Waals surface area contributed by atoms with Gasteiger partial charge in [0.1, 0.15) is 11.8 Å². The van der Waals surface area contributed by atoms with E-state index in [4.69, 9.17) is 16.3 Å².